The van der Waals surface area contributed by atoms with E-state index in [1.165, 1.54) is 37.7 Å². The van der Waals surface area contributed by atoms with Crippen LogP contribution in [0.1, 0.15) is 37.7 Å². The van der Waals surface area contributed by atoms with Crippen LogP contribution in [0.25, 0.3) is 0 Å². The first-order valence-electron chi connectivity index (χ1n) is 6.73. The van der Waals surface area contributed by atoms with Crippen molar-refractivity contribution < 1.29 is 0 Å². The van der Waals surface area contributed by atoms with Crippen LogP contribution >= 0.6 is 11.6 Å². The van der Waals surface area contributed by atoms with Gasteiger partial charge in [0.25, 0.3) is 0 Å². The fourth-order valence-electron chi connectivity index (χ4n) is 2.96. The summed E-state index contributed by atoms with van der Waals surface area (Å²) in [6, 6.07) is 8.14. The highest BCUT2D eigenvalue weighted by atomic mass is 35.5. The molecule has 0 heterocycles. The molecule has 1 fully saturated rings. The molecule has 0 amide bonds. The zero-order chi connectivity index (χ0) is 12.1. The fourth-order valence-corrected chi connectivity index (χ4v) is 3.17. The van der Waals surface area contributed by atoms with Crippen LogP contribution in [0, 0.1) is 11.8 Å². The van der Waals surface area contributed by atoms with Crippen LogP contribution in [-0.4, -0.2) is 6.54 Å². The fraction of sp³-hybridized carbons (Fsp3) is 0.600. The Morgan fingerprint density at radius 3 is 2.59 bits per heavy atom. The third-order valence-electron chi connectivity index (χ3n) is 3.94. The van der Waals surface area contributed by atoms with Crippen LogP contribution in [0.15, 0.2) is 24.3 Å². The van der Waals surface area contributed by atoms with Crippen molar-refractivity contribution in [1.82, 2.24) is 0 Å². The molecule has 1 aliphatic rings. The van der Waals surface area contributed by atoms with Gasteiger partial charge in [0, 0.05) is 5.02 Å². The second-order valence-corrected chi connectivity index (χ2v) is 5.69. The predicted octanol–water partition coefficient (Wildman–Crippen LogP) is 4.04. The Kier molecular flexibility index (Phi) is 4.87. The SMILES string of the molecule is NCC(Cc1ccccc1Cl)CC1CCCC1. The Hall–Kier alpha value is -0.530. The van der Waals surface area contributed by atoms with E-state index in [0.29, 0.717) is 5.92 Å². The van der Waals surface area contributed by atoms with Crippen molar-refractivity contribution in [3.63, 3.8) is 0 Å². The summed E-state index contributed by atoms with van der Waals surface area (Å²) in [6.45, 7) is 0.779. The summed E-state index contributed by atoms with van der Waals surface area (Å²) in [4.78, 5) is 0. The number of hydrogen-bond donors (Lipinski definition) is 1. The van der Waals surface area contributed by atoms with Crippen molar-refractivity contribution in [2.24, 2.45) is 17.6 Å². The smallest absolute Gasteiger partial charge is 0.0438 e. The number of rotatable bonds is 5. The van der Waals surface area contributed by atoms with Gasteiger partial charge < -0.3 is 5.73 Å². The topological polar surface area (TPSA) is 26.0 Å². The van der Waals surface area contributed by atoms with Gasteiger partial charge in [-0.2, -0.15) is 0 Å². The van der Waals surface area contributed by atoms with Gasteiger partial charge in [-0.3, -0.25) is 0 Å². The average Bonchev–Trinajstić information content (AvgIpc) is 2.84. The van der Waals surface area contributed by atoms with Crippen molar-refractivity contribution in [1.29, 1.82) is 0 Å². The molecule has 0 saturated heterocycles. The molecule has 1 atom stereocenters. The van der Waals surface area contributed by atoms with E-state index in [4.69, 9.17) is 17.3 Å². The minimum Gasteiger partial charge on any atom is -0.330 e. The van der Waals surface area contributed by atoms with E-state index < -0.39 is 0 Å². The van der Waals surface area contributed by atoms with Gasteiger partial charge in [-0.25, -0.2) is 0 Å². The Labute approximate surface area is 109 Å². The summed E-state index contributed by atoms with van der Waals surface area (Å²) in [5.74, 6) is 1.50. The van der Waals surface area contributed by atoms with E-state index in [-0.39, 0.29) is 0 Å². The van der Waals surface area contributed by atoms with Crippen molar-refractivity contribution in [2.75, 3.05) is 6.54 Å². The second-order valence-electron chi connectivity index (χ2n) is 5.28. The standard InChI is InChI=1S/C15H22ClN/c16-15-8-4-3-7-14(15)10-13(11-17)9-12-5-1-2-6-12/h3-4,7-8,12-13H,1-2,5-6,9-11,17H2. The molecule has 0 aromatic heterocycles. The van der Waals surface area contributed by atoms with Crippen molar-refractivity contribution in [3.8, 4) is 0 Å². The van der Waals surface area contributed by atoms with E-state index in [0.717, 1.165) is 23.9 Å². The van der Waals surface area contributed by atoms with Crippen LogP contribution in [-0.2, 0) is 6.42 Å². The lowest BCUT2D eigenvalue weighted by Crippen LogP contribution is -2.19. The molecule has 0 spiro atoms. The zero-order valence-corrected chi connectivity index (χ0v) is 11.1. The molecule has 0 bridgehead atoms. The molecule has 2 N–H and O–H groups in total. The van der Waals surface area contributed by atoms with E-state index in [2.05, 4.69) is 12.1 Å². The third-order valence-corrected chi connectivity index (χ3v) is 4.31. The Morgan fingerprint density at radius 2 is 1.94 bits per heavy atom. The number of nitrogens with two attached hydrogens (primary N) is 1. The summed E-state index contributed by atoms with van der Waals surface area (Å²) >= 11 is 6.20. The Morgan fingerprint density at radius 1 is 1.24 bits per heavy atom. The van der Waals surface area contributed by atoms with Gasteiger partial charge in [0.05, 0.1) is 0 Å². The lowest BCUT2D eigenvalue weighted by Gasteiger charge is -2.19. The molecule has 1 aromatic carbocycles. The van der Waals surface area contributed by atoms with Crippen LogP contribution in [0.2, 0.25) is 5.02 Å². The normalized spacial score (nSPS) is 18.5. The number of halogens is 1. The molecule has 17 heavy (non-hydrogen) atoms. The molecule has 0 radical (unpaired) electrons. The minimum absolute atomic E-state index is 0.595. The number of benzene rings is 1. The van der Waals surface area contributed by atoms with Gasteiger partial charge >= 0.3 is 0 Å². The molecule has 1 unspecified atom stereocenters. The zero-order valence-electron chi connectivity index (χ0n) is 10.4. The second kappa shape index (κ2) is 6.42. The summed E-state index contributed by atoms with van der Waals surface area (Å²) < 4.78 is 0. The van der Waals surface area contributed by atoms with Crippen molar-refractivity contribution in [2.45, 2.75) is 38.5 Å². The summed E-state index contributed by atoms with van der Waals surface area (Å²) in [5, 5.41) is 0.886. The van der Waals surface area contributed by atoms with Gasteiger partial charge in [0.1, 0.15) is 0 Å². The highest BCUT2D eigenvalue weighted by molar-refractivity contribution is 6.31. The first kappa shape index (κ1) is 12.9. The molecule has 94 valence electrons. The van der Waals surface area contributed by atoms with E-state index >= 15 is 0 Å². The van der Waals surface area contributed by atoms with Crippen molar-refractivity contribution in [3.05, 3.63) is 34.9 Å². The van der Waals surface area contributed by atoms with Crippen LogP contribution in [0.5, 0.6) is 0 Å². The van der Waals surface area contributed by atoms with E-state index in [1.54, 1.807) is 0 Å². The first-order valence-corrected chi connectivity index (χ1v) is 7.11. The molecule has 1 saturated carbocycles. The summed E-state index contributed by atoms with van der Waals surface area (Å²) in [7, 11) is 0. The van der Waals surface area contributed by atoms with Crippen LogP contribution in [0.4, 0.5) is 0 Å². The summed E-state index contributed by atoms with van der Waals surface area (Å²) in [6.07, 6.45) is 7.94. The molecule has 1 aromatic rings. The molecule has 2 heteroatoms. The monoisotopic (exact) mass is 251 g/mol. The lowest BCUT2D eigenvalue weighted by molar-refractivity contribution is 0.379. The molecular formula is C15H22ClN. The maximum atomic E-state index is 6.20. The van der Waals surface area contributed by atoms with Gasteiger partial charge in [0.15, 0.2) is 0 Å². The largest absolute Gasteiger partial charge is 0.330 e. The quantitative estimate of drug-likeness (QED) is 0.840. The van der Waals surface area contributed by atoms with Crippen LogP contribution < -0.4 is 5.73 Å². The van der Waals surface area contributed by atoms with Gasteiger partial charge in [-0.1, -0.05) is 55.5 Å². The first-order chi connectivity index (χ1) is 8.29. The van der Waals surface area contributed by atoms with Gasteiger partial charge in [-0.05, 0) is 42.9 Å². The predicted molar refractivity (Wildman–Crippen MR) is 74.3 cm³/mol. The van der Waals surface area contributed by atoms with Gasteiger partial charge in [0.2, 0.25) is 0 Å². The molecule has 1 aliphatic carbocycles. The number of hydrogen-bond acceptors (Lipinski definition) is 1. The molecule has 2 rings (SSSR count). The summed E-state index contributed by atoms with van der Waals surface area (Å²) in [5.41, 5.74) is 7.16. The Balaban J connectivity index is 1.92. The van der Waals surface area contributed by atoms with Crippen LogP contribution in [0.3, 0.4) is 0 Å². The van der Waals surface area contributed by atoms with Crippen molar-refractivity contribution >= 4 is 11.6 Å². The Bertz CT molecular complexity index is 345. The lowest BCUT2D eigenvalue weighted by atomic mass is 9.88. The minimum atomic E-state index is 0.595. The van der Waals surface area contributed by atoms with Gasteiger partial charge in [-0.15, -0.1) is 0 Å². The average molecular weight is 252 g/mol. The maximum absolute atomic E-state index is 6.20. The van der Waals surface area contributed by atoms with E-state index in [1.807, 2.05) is 12.1 Å². The maximum Gasteiger partial charge on any atom is 0.0438 e. The molecular weight excluding hydrogens is 230 g/mol. The highest BCUT2D eigenvalue weighted by Gasteiger charge is 2.20. The molecule has 0 aliphatic heterocycles. The third kappa shape index (κ3) is 3.72. The molecule has 1 nitrogen and oxygen atoms in total. The van der Waals surface area contributed by atoms with E-state index in [9.17, 15) is 0 Å². The highest BCUT2D eigenvalue weighted by Crippen LogP contribution is 2.31.